The van der Waals surface area contributed by atoms with E-state index in [2.05, 4.69) is 27.7 Å². The molecule has 0 aromatic rings. The molecule has 0 rings (SSSR count). The van der Waals surface area contributed by atoms with Gasteiger partial charge in [-0.15, -0.1) is 0 Å². The van der Waals surface area contributed by atoms with Crippen molar-refractivity contribution in [2.24, 2.45) is 0 Å². The number of hydrogen-bond acceptors (Lipinski definition) is 1. The lowest BCUT2D eigenvalue weighted by atomic mass is 10.2. The molecule has 0 bridgehead atoms. The highest BCUT2D eigenvalue weighted by molar-refractivity contribution is 4.41. The summed E-state index contributed by atoms with van der Waals surface area (Å²) in [6.07, 6.45) is 13.2. The van der Waals surface area contributed by atoms with Gasteiger partial charge in [0.1, 0.15) is 0 Å². The van der Waals surface area contributed by atoms with Crippen LogP contribution < -0.4 is 0 Å². The third-order valence-electron chi connectivity index (χ3n) is 2.78. The van der Waals surface area contributed by atoms with Gasteiger partial charge < -0.3 is 4.74 Å². The van der Waals surface area contributed by atoms with Crippen LogP contribution in [0.15, 0.2) is 0 Å². The third-order valence-corrected chi connectivity index (χ3v) is 2.78. The standard InChI is InChI=1S/C12H26O.C4H10/c1-3-5-7-9-11-13-12-10-8-6-4-2;1-3-4-2/h3-12H2,1-2H3;3-4H2,1-2H3. The Kier molecular flexibility index (Phi) is 24.1. The number of unbranched alkanes of at least 4 members (excludes halogenated alkanes) is 7. The highest BCUT2D eigenvalue weighted by atomic mass is 16.5. The second kappa shape index (κ2) is 21.3. The maximum atomic E-state index is 5.53. The Labute approximate surface area is 110 Å². The number of ether oxygens (including phenoxy) is 1. The van der Waals surface area contributed by atoms with E-state index in [0.29, 0.717) is 0 Å². The van der Waals surface area contributed by atoms with Crippen molar-refractivity contribution in [2.75, 3.05) is 13.2 Å². The molecule has 0 aliphatic carbocycles. The highest BCUT2D eigenvalue weighted by Gasteiger charge is 1.90. The summed E-state index contributed by atoms with van der Waals surface area (Å²) >= 11 is 0. The van der Waals surface area contributed by atoms with Crippen molar-refractivity contribution in [2.45, 2.75) is 91.9 Å². The molecule has 0 aromatic carbocycles. The molecule has 0 spiro atoms. The summed E-state index contributed by atoms with van der Waals surface area (Å²) in [5.74, 6) is 0. The van der Waals surface area contributed by atoms with Crippen LogP contribution >= 0.6 is 0 Å². The van der Waals surface area contributed by atoms with E-state index in [1.165, 1.54) is 64.2 Å². The summed E-state index contributed by atoms with van der Waals surface area (Å²) in [6.45, 7) is 10.8. The average Bonchev–Trinajstić information content (AvgIpc) is 2.37. The van der Waals surface area contributed by atoms with Crippen molar-refractivity contribution in [3.8, 4) is 0 Å². The van der Waals surface area contributed by atoms with Crippen molar-refractivity contribution in [3.05, 3.63) is 0 Å². The smallest absolute Gasteiger partial charge is 0.0466 e. The zero-order valence-corrected chi connectivity index (χ0v) is 12.9. The molecule has 0 amide bonds. The first-order valence-electron chi connectivity index (χ1n) is 7.91. The molecule has 1 heteroatoms. The lowest BCUT2D eigenvalue weighted by Gasteiger charge is -2.03. The van der Waals surface area contributed by atoms with Crippen LogP contribution in [0.4, 0.5) is 0 Å². The second-order valence-corrected chi connectivity index (χ2v) is 4.73. The first-order valence-corrected chi connectivity index (χ1v) is 7.91. The van der Waals surface area contributed by atoms with E-state index in [-0.39, 0.29) is 0 Å². The Balaban J connectivity index is 0. The van der Waals surface area contributed by atoms with Gasteiger partial charge in [0, 0.05) is 13.2 Å². The minimum Gasteiger partial charge on any atom is -0.381 e. The fraction of sp³-hybridized carbons (Fsp3) is 1.00. The van der Waals surface area contributed by atoms with Gasteiger partial charge in [0.25, 0.3) is 0 Å². The molecule has 0 saturated heterocycles. The van der Waals surface area contributed by atoms with Crippen LogP contribution in [0.3, 0.4) is 0 Å². The summed E-state index contributed by atoms with van der Waals surface area (Å²) in [5.41, 5.74) is 0. The largest absolute Gasteiger partial charge is 0.381 e. The maximum Gasteiger partial charge on any atom is 0.0466 e. The molecule has 106 valence electrons. The van der Waals surface area contributed by atoms with Crippen LogP contribution in [0.25, 0.3) is 0 Å². The Morgan fingerprint density at radius 2 is 0.882 bits per heavy atom. The van der Waals surface area contributed by atoms with Gasteiger partial charge in [-0.2, -0.15) is 0 Å². The molecule has 0 aliphatic rings. The van der Waals surface area contributed by atoms with Crippen LogP contribution in [0.2, 0.25) is 0 Å². The summed E-state index contributed by atoms with van der Waals surface area (Å²) < 4.78 is 5.53. The monoisotopic (exact) mass is 244 g/mol. The molecule has 0 fully saturated rings. The van der Waals surface area contributed by atoms with Gasteiger partial charge in [-0.1, -0.05) is 79.1 Å². The Morgan fingerprint density at radius 3 is 1.18 bits per heavy atom. The van der Waals surface area contributed by atoms with Crippen LogP contribution in [-0.2, 0) is 4.74 Å². The minimum atomic E-state index is 0.978. The fourth-order valence-corrected chi connectivity index (χ4v) is 1.36. The van der Waals surface area contributed by atoms with E-state index in [1.54, 1.807) is 0 Å². The quantitative estimate of drug-likeness (QED) is 0.407. The van der Waals surface area contributed by atoms with Crippen LogP contribution in [0.1, 0.15) is 91.9 Å². The van der Waals surface area contributed by atoms with Gasteiger partial charge in [-0.25, -0.2) is 0 Å². The van der Waals surface area contributed by atoms with Crippen LogP contribution in [0.5, 0.6) is 0 Å². The zero-order valence-electron chi connectivity index (χ0n) is 12.9. The first kappa shape index (κ1) is 19.3. The Bertz CT molecular complexity index is 89.7. The van der Waals surface area contributed by atoms with Crippen molar-refractivity contribution < 1.29 is 4.74 Å². The second-order valence-electron chi connectivity index (χ2n) is 4.73. The van der Waals surface area contributed by atoms with Gasteiger partial charge in [-0.05, 0) is 12.8 Å². The number of rotatable bonds is 11. The Hall–Kier alpha value is -0.0400. The minimum absolute atomic E-state index is 0.978. The van der Waals surface area contributed by atoms with E-state index in [4.69, 9.17) is 4.74 Å². The van der Waals surface area contributed by atoms with E-state index < -0.39 is 0 Å². The molecule has 17 heavy (non-hydrogen) atoms. The molecule has 0 saturated carbocycles. The molecular weight excluding hydrogens is 208 g/mol. The van der Waals surface area contributed by atoms with Crippen LogP contribution in [-0.4, -0.2) is 13.2 Å². The topological polar surface area (TPSA) is 9.23 Å². The maximum absolute atomic E-state index is 5.53. The first-order chi connectivity index (χ1) is 8.33. The van der Waals surface area contributed by atoms with Crippen LogP contribution in [0, 0.1) is 0 Å². The van der Waals surface area contributed by atoms with Gasteiger partial charge in [0.05, 0.1) is 0 Å². The normalized spacial score (nSPS) is 9.88. The lowest BCUT2D eigenvalue weighted by Crippen LogP contribution is -1.96. The third kappa shape index (κ3) is 25.9. The summed E-state index contributed by atoms with van der Waals surface area (Å²) in [6, 6.07) is 0. The molecule has 0 N–H and O–H groups in total. The van der Waals surface area contributed by atoms with Gasteiger partial charge in [0.15, 0.2) is 0 Å². The molecular formula is C16H36O. The molecule has 0 atom stereocenters. The van der Waals surface area contributed by atoms with Gasteiger partial charge in [-0.3, -0.25) is 0 Å². The van der Waals surface area contributed by atoms with Gasteiger partial charge in [0.2, 0.25) is 0 Å². The fourth-order valence-electron chi connectivity index (χ4n) is 1.36. The molecule has 0 unspecified atom stereocenters. The van der Waals surface area contributed by atoms with Crippen molar-refractivity contribution >= 4 is 0 Å². The van der Waals surface area contributed by atoms with Crippen molar-refractivity contribution in [1.82, 2.24) is 0 Å². The molecule has 0 aromatic heterocycles. The van der Waals surface area contributed by atoms with E-state index in [9.17, 15) is 0 Å². The zero-order chi connectivity index (χ0) is 13.2. The summed E-state index contributed by atoms with van der Waals surface area (Å²) in [5, 5.41) is 0. The summed E-state index contributed by atoms with van der Waals surface area (Å²) in [7, 11) is 0. The Morgan fingerprint density at radius 1 is 0.471 bits per heavy atom. The predicted octanol–water partition coefficient (Wildman–Crippen LogP) is 5.97. The molecule has 0 aliphatic heterocycles. The lowest BCUT2D eigenvalue weighted by molar-refractivity contribution is 0.126. The summed E-state index contributed by atoms with van der Waals surface area (Å²) in [4.78, 5) is 0. The van der Waals surface area contributed by atoms with Gasteiger partial charge >= 0.3 is 0 Å². The van der Waals surface area contributed by atoms with E-state index >= 15 is 0 Å². The SMILES string of the molecule is CCCC.CCCCCCOCCCCCC. The predicted molar refractivity (Wildman–Crippen MR) is 79.7 cm³/mol. The van der Waals surface area contributed by atoms with Crippen molar-refractivity contribution in [3.63, 3.8) is 0 Å². The molecule has 1 nitrogen and oxygen atoms in total. The number of hydrogen-bond donors (Lipinski definition) is 0. The van der Waals surface area contributed by atoms with Crippen molar-refractivity contribution in [1.29, 1.82) is 0 Å². The highest BCUT2D eigenvalue weighted by Crippen LogP contribution is 2.01. The molecule has 0 radical (unpaired) electrons. The van der Waals surface area contributed by atoms with E-state index in [1.807, 2.05) is 0 Å². The molecule has 0 heterocycles. The average molecular weight is 244 g/mol. The van der Waals surface area contributed by atoms with E-state index in [0.717, 1.165) is 13.2 Å².